The molecule has 1 atom stereocenters. The second kappa shape index (κ2) is 8.38. The summed E-state index contributed by atoms with van der Waals surface area (Å²) in [6.45, 7) is -0.00182. The Kier molecular flexibility index (Phi) is 7.58. The molecule has 0 fully saturated rings. The maximum Gasteiger partial charge on any atom is 0.416 e. The van der Waals surface area contributed by atoms with Crippen molar-refractivity contribution in [1.82, 2.24) is 5.32 Å². The molecule has 22 heavy (non-hydrogen) atoms. The van der Waals surface area contributed by atoms with Crippen molar-refractivity contribution >= 4 is 11.9 Å². The Morgan fingerprint density at radius 1 is 1.36 bits per heavy atom. The molecule has 0 spiro atoms. The second-order valence-electron chi connectivity index (χ2n) is 4.22. The number of ether oxygens (including phenoxy) is 1. The first-order chi connectivity index (χ1) is 9.75. The van der Waals surface area contributed by atoms with Gasteiger partial charge in [-0.1, -0.05) is 19.6 Å². The molecule has 0 aliphatic rings. The van der Waals surface area contributed by atoms with Crippen LogP contribution in [0.2, 0.25) is 0 Å². The Hall–Kier alpha value is -2.09. The molecule has 1 unspecified atom stereocenters. The fourth-order valence-corrected chi connectivity index (χ4v) is 1.56. The van der Waals surface area contributed by atoms with Crippen LogP contribution in [-0.2, 0) is 20.5 Å². The molecule has 8 heteroatoms. The van der Waals surface area contributed by atoms with Gasteiger partial charge >= 0.3 is 12.1 Å². The van der Waals surface area contributed by atoms with Gasteiger partial charge in [0.2, 0.25) is 5.91 Å². The van der Waals surface area contributed by atoms with Crippen molar-refractivity contribution in [3.05, 3.63) is 35.4 Å². The van der Waals surface area contributed by atoms with Gasteiger partial charge in [-0.05, 0) is 17.7 Å². The number of carbonyl (C=O) groups is 2. The summed E-state index contributed by atoms with van der Waals surface area (Å²) in [5, 5.41) is 2.36. The molecule has 0 aliphatic heterocycles. The summed E-state index contributed by atoms with van der Waals surface area (Å²) in [5.41, 5.74) is 4.77. The van der Waals surface area contributed by atoms with E-state index in [-0.39, 0.29) is 26.0 Å². The van der Waals surface area contributed by atoms with Crippen LogP contribution >= 0.6 is 0 Å². The Labute approximate surface area is 126 Å². The molecule has 1 aromatic carbocycles. The minimum atomic E-state index is -4.50. The molecule has 1 amide bonds. The topological polar surface area (TPSA) is 81.4 Å². The van der Waals surface area contributed by atoms with Crippen LogP contribution in [0.3, 0.4) is 0 Å². The number of methoxy groups -OCH3 is 1. The molecule has 0 radical (unpaired) electrons. The fourth-order valence-electron chi connectivity index (χ4n) is 1.56. The van der Waals surface area contributed by atoms with Crippen molar-refractivity contribution < 1.29 is 27.5 Å². The summed E-state index contributed by atoms with van der Waals surface area (Å²) in [5.74, 6) is -1.18. The number of carbonyl (C=O) groups excluding carboxylic acids is 2. The van der Waals surface area contributed by atoms with Gasteiger partial charge in [-0.25, -0.2) is 0 Å². The van der Waals surface area contributed by atoms with Crippen LogP contribution < -0.4 is 11.1 Å². The molecule has 0 aromatic heterocycles. The predicted octanol–water partition coefficient (Wildman–Crippen LogP) is 2.02. The molecule has 0 heterocycles. The summed E-state index contributed by atoms with van der Waals surface area (Å²) < 4.78 is 42.1. The van der Waals surface area contributed by atoms with E-state index in [1.807, 2.05) is 0 Å². The van der Waals surface area contributed by atoms with E-state index < -0.39 is 29.7 Å². The largest absolute Gasteiger partial charge is 0.469 e. The lowest BCUT2D eigenvalue weighted by molar-refractivity contribution is -0.140. The first-order valence-corrected chi connectivity index (χ1v) is 6.03. The third-order valence-corrected chi connectivity index (χ3v) is 2.71. The zero-order chi connectivity index (χ0) is 16.0. The number of halogens is 3. The Bertz CT molecular complexity index is 518. The van der Waals surface area contributed by atoms with Gasteiger partial charge in [0.25, 0.3) is 0 Å². The van der Waals surface area contributed by atoms with E-state index in [2.05, 4.69) is 10.1 Å². The first kappa shape index (κ1) is 19.9. The van der Waals surface area contributed by atoms with Crippen molar-refractivity contribution in [3.8, 4) is 0 Å². The third-order valence-electron chi connectivity index (χ3n) is 2.71. The second-order valence-corrected chi connectivity index (χ2v) is 4.22. The van der Waals surface area contributed by atoms with Gasteiger partial charge < -0.3 is 15.8 Å². The maximum atomic E-state index is 12.6. The lowest BCUT2D eigenvalue weighted by Gasteiger charge is -2.14. The SMILES string of the molecule is C.COC(=O)CCNC(=O)C(N)c1cccc(C(F)(F)F)c1. The summed E-state index contributed by atoms with van der Waals surface area (Å²) in [6, 6.07) is 2.99. The number of rotatable bonds is 5. The summed E-state index contributed by atoms with van der Waals surface area (Å²) in [4.78, 5) is 22.6. The normalized spacial score (nSPS) is 12.0. The highest BCUT2D eigenvalue weighted by molar-refractivity contribution is 5.83. The summed E-state index contributed by atoms with van der Waals surface area (Å²) in [6.07, 6.45) is -4.55. The minimum Gasteiger partial charge on any atom is -0.469 e. The molecule has 1 aromatic rings. The van der Waals surface area contributed by atoms with Crippen LogP contribution in [0.15, 0.2) is 24.3 Å². The van der Waals surface area contributed by atoms with Crippen molar-refractivity contribution in [2.45, 2.75) is 26.1 Å². The average molecular weight is 320 g/mol. The van der Waals surface area contributed by atoms with Gasteiger partial charge in [0.1, 0.15) is 6.04 Å². The predicted molar refractivity (Wildman–Crippen MR) is 74.7 cm³/mol. The van der Waals surface area contributed by atoms with E-state index in [9.17, 15) is 22.8 Å². The van der Waals surface area contributed by atoms with Gasteiger partial charge in [-0.3, -0.25) is 9.59 Å². The number of amides is 1. The van der Waals surface area contributed by atoms with Crippen LogP contribution in [0.4, 0.5) is 13.2 Å². The maximum absolute atomic E-state index is 12.6. The smallest absolute Gasteiger partial charge is 0.416 e. The number of alkyl halides is 3. The molecular weight excluding hydrogens is 301 g/mol. The summed E-state index contributed by atoms with van der Waals surface area (Å²) >= 11 is 0. The lowest BCUT2D eigenvalue weighted by Crippen LogP contribution is -2.35. The molecule has 0 bridgehead atoms. The van der Waals surface area contributed by atoms with E-state index >= 15 is 0 Å². The lowest BCUT2D eigenvalue weighted by atomic mass is 10.0. The van der Waals surface area contributed by atoms with E-state index in [0.717, 1.165) is 12.1 Å². The van der Waals surface area contributed by atoms with Crippen LogP contribution in [0, 0.1) is 0 Å². The highest BCUT2D eigenvalue weighted by Crippen LogP contribution is 2.30. The first-order valence-electron chi connectivity index (χ1n) is 6.03. The molecule has 124 valence electrons. The zero-order valence-electron chi connectivity index (χ0n) is 11.2. The number of hydrogen-bond acceptors (Lipinski definition) is 4. The average Bonchev–Trinajstić information content (AvgIpc) is 2.45. The van der Waals surface area contributed by atoms with Crippen molar-refractivity contribution in [3.63, 3.8) is 0 Å². The molecule has 0 saturated heterocycles. The van der Waals surface area contributed by atoms with Crippen LogP contribution in [0.1, 0.15) is 31.0 Å². The molecule has 0 aliphatic carbocycles. The molecule has 0 saturated carbocycles. The van der Waals surface area contributed by atoms with E-state index in [1.165, 1.54) is 19.2 Å². The minimum absolute atomic E-state index is 0. The number of nitrogens with one attached hydrogen (secondary N) is 1. The van der Waals surface area contributed by atoms with E-state index in [4.69, 9.17) is 5.73 Å². The van der Waals surface area contributed by atoms with Crippen LogP contribution in [0.25, 0.3) is 0 Å². The van der Waals surface area contributed by atoms with E-state index in [1.54, 1.807) is 0 Å². The Balaban J connectivity index is 0.00000441. The fraction of sp³-hybridized carbons (Fsp3) is 0.429. The number of esters is 1. The van der Waals surface area contributed by atoms with Gasteiger partial charge in [0.05, 0.1) is 19.1 Å². The van der Waals surface area contributed by atoms with Crippen molar-refractivity contribution in [2.24, 2.45) is 5.73 Å². The number of hydrogen-bond donors (Lipinski definition) is 2. The van der Waals surface area contributed by atoms with Crippen LogP contribution in [-0.4, -0.2) is 25.5 Å². The molecule has 5 nitrogen and oxygen atoms in total. The van der Waals surface area contributed by atoms with Crippen molar-refractivity contribution in [1.29, 1.82) is 0 Å². The molecule has 1 rings (SSSR count). The van der Waals surface area contributed by atoms with Gasteiger partial charge in [0, 0.05) is 6.54 Å². The third kappa shape index (κ3) is 5.72. The van der Waals surface area contributed by atoms with Gasteiger partial charge in [-0.2, -0.15) is 13.2 Å². The highest BCUT2D eigenvalue weighted by Gasteiger charge is 2.31. The highest BCUT2D eigenvalue weighted by atomic mass is 19.4. The monoisotopic (exact) mass is 320 g/mol. The van der Waals surface area contributed by atoms with Crippen LogP contribution in [0.5, 0.6) is 0 Å². The molecular formula is C14H19F3N2O3. The number of nitrogens with two attached hydrogens (primary N) is 1. The molecule has 3 N–H and O–H groups in total. The Morgan fingerprint density at radius 2 is 2.00 bits per heavy atom. The Morgan fingerprint density at radius 3 is 2.55 bits per heavy atom. The van der Waals surface area contributed by atoms with Gasteiger partial charge in [0.15, 0.2) is 0 Å². The zero-order valence-corrected chi connectivity index (χ0v) is 11.2. The number of benzene rings is 1. The van der Waals surface area contributed by atoms with Crippen molar-refractivity contribution in [2.75, 3.05) is 13.7 Å². The van der Waals surface area contributed by atoms with E-state index in [0.29, 0.717) is 0 Å². The quantitative estimate of drug-likeness (QED) is 0.813. The standard InChI is InChI=1S/C13H15F3N2O3.CH4/c1-21-10(19)5-6-18-12(20)11(17)8-3-2-4-9(7-8)13(14,15)16;/h2-4,7,11H,5-6,17H2,1H3,(H,18,20);1H4. The van der Waals surface area contributed by atoms with Gasteiger partial charge in [-0.15, -0.1) is 0 Å². The summed E-state index contributed by atoms with van der Waals surface area (Å²) in [7, 11) is 1.21.